The van der Waals surface area contributed by atoms with Gasteiger partial charge in [0.05, 0.1) is 34.1 Å². The molecule has 0 aromatic heterocycles. The summed E-state index contributed by atoms with van der Waals surface area (Å²) in [5.74, 6) is -1.47. The fraction of sp³-hybridized carbons (Fsp3) is 0.259. The lowest BCUT2D eigenvalue weighted by atomic mass is 10.1. The number of nitrogens with one attached hydrogen (secondary N) is 1. The van der Waals surface area contributed by atoms with Crippen LogP contribution in [0.2, 0.25) is 0 Å². The van der Waals surface area contributed by atoms with Crippen LogP contribution in [0.5, 0.6) is 0 Å². The molecule has 10 heteroatoms. The van der Waals surface area contributed by atoms with Crippen LogP contribution in [-0.2, 0) is 25.9 Å². The van der Waals surface area contributed by atoms with Crippen molar-refractivity contribution in [3.8, 4) is 0 Å². The van der Waals surface area contributed by atoms with Gasteiger partial charge in [0, 0.05) is 18.8 Å². The summed E-state index contributed by atoms with van der Waals surface area (Å²) < 4.78 is 51.6. The number of halogens is 1. The van der Waals surface area contributed by atoms with Crippen LogP contribution in [-0.4, -0.2) is 46.3 Å². The maximum Gasteiger partial charge on any atom is 0.259 e. The fourth-order valence-electron chi connectivity index (χ4n) is 4.09. The number of rotatable bonds is 9. The number of amides is 2. The molecule has 1 heterocycles. The molecule has 0 radical (unpaired) electrons. The second-order valence-corrected chi connectivity index (χ2v) is 10.1. The van der Waals surface area contributed by atoms with Gasteiger partial charge in [0.2, 0.25) is 9.84 Å². The van der Waals surface area contributed by atoms with E-state index >= 15 is 0 Å². The third-order valence-corrected chi connectivity index (χ3v) is 7.70. The van der Waals surface area contributed by atoms with E-state index < -0.39 is 33.8 Å². The maximum absolute atomic E-state index is 13.7. The van der Waals surface area contributed by atoms with Gasteiger partial charge in [-0.15, -0.1) is 0 Å². The third kappa shape index (κ3) is 5.56. The van der Waals surface area contributed by atoms with Crippen molar-refractivity contribution in [2.24, 2.45) is 0 Å². The molecule has 0 atom stereocenters. The molecule has 0 saturated carbocycles. The van der Waals surface area contributed by atoms with Crippen LogP contribution in [0.25, 0.3) is 0 Å². The van der Waals surface area contributed by atoms with E-state index in [1.54, 1.807) is 12.1 Å². The Morgan fingerprint density at radius 2 is 1.65 bits per heavy atom. The molecule has 37 heavy (non-hydrogen) atoms. The van der Waals surface area contributed by atoms with Crippen LogP contribution in [0.1, 0.15) is 40.1 Å². The van der Waals surface area contributed by atoms with Gasteiger partial charge in [-0.2, -0.15) is 0 Å². The highest BCUT2D eigenvalue weighted by Gasteiger charge is 2.36. The SMILES string of the molecule is CCOC(CNC(=O)c1ccc2c(c1)N(Cc1ccc(F)cc1)C(=O)c1ccccc1S2(=O)=O)OCC. The normalized spacial score (nSPS) is 14.2. The highest BCUT2D eigenvalue weighted by atomic mass is 32.2. The van der Waals surface area contributed by atoms with E-state index in [9.17, 15) is 22.4 Å². The second-order valence-electron chi connectivity index (χ2n) is 8.25. The van der Waals surface area contributed by atoms with E-state index in [1.807, 2.05) is 13.8 Å². The zero-order valence-electron chi connectivity index (χ0n) is 20.4. The van der Waals surface area contributed by atoms with Gasteiger partial charge in [0.25, 0.3) is 11.8 Å². The number of carbonyl (C=O) groups is 2. The molecule has 3 aromatic rings. The molecule has 0 unspecified atom stereocenters. The molecule has 1 N–H and O–H groups in total. The highest BCUT2D eigenvalue weighted by Crippen LogP contribution is 2.38. The Hall–Kier alpha value is -3.60. The van der Waals surface area contributed by atoms with E-state index in [-0.39, 0.29) is 39.7 Å². The van der Waals surface area contributed by atoms with Crippen LogP contribution >= 0.6 is 0 Å². The van der Waals surface area contributed by atoms with Crippen LogP contribution in [0.3, 0.4) is 0 Å². The zero-order chi connectivity index (χ0) is 26.6. The molecule has 0 bridgehead atoms. The Morgan fingerprint density at radius 1 is 0.973 bits per heavy atom. The number of benzene rings is 3. The molecule has 0 aliphatic carbocycles. The summed E-state index contributed by atoms with van der Waals surface area (Å²) in [6.45, 7) is 4.48. The number of carbonyl (C=O) groups excluding carboxylic acids is 2. The number of hydrogen-bond acceptors (Lipinski definition) is 6. The van der Waals surface area contributed by atoms with Gasteiger partial charge in [-0.3, -0.25) is 9.59 Å². The first-order valence-electron chi connectivity index (χ1n) is 11.8. The number of anilines is 1. The van der Waals surface area contributed by atoms with Gasteiger partial charge >= 0.3 is 0 Å². The van der Waals surface area contributed by atoms with Gasteiger partial charge in [0.1, 0.15) is 5.82 Å². The van der Waals surface area contributed by atoms with Crippen molar-refractivity contribution < 1.29 is 31.9 Å². The Kier molecular flexibility index (Phi) is 8.01. The molecule has 194 valence electrons. The lowest BCUT2D eigenvalue weighted by Gasteiger charge is -2.24. The van der Waals surface area contributed by atoms with E-state index in [0.717, 1.165) is 0 Å². The molecule has 2 amide bonds. The Morgan fingerprint density at radius 3 is 2.32 bits per heavy atom. The van der Waals surface area contributed by atoms with Crippen LogP contribution in [0.15, 0.2) is 76.5 Å². The number of hydrogen-bond donors (Lipinski definition) is 1. The number of ether oxygens (including phenoxy) is 2. The average molecular weight is 527 g/mol. The van der Waals surface area contributed by atoms with Crippen molar-refractivity contribution in [1.29, 1.82) is 0 Å². The van der Waals surface area contributed by atoms with Gasteiger partial charge < -0.3 is 19.7 Å². The van der Waals surface area contributed by atoms with Gasteiger partial charge in [0.15, 0.2) is 6.29 Å². The molecular formula is C27H27FN2O6S. The molecule has 1 aliphatic rings. The summed E-state index contributed by atoms with van der Waals surface area (Å²) >= 11 is 0. The maximum atomic E-state index is 13.7. The first kappa shape index (κ1) is 26.5. The molecule has 8 nitrogen and oxygen atoms in total. The van der Waals surface area contributed by atoms with Crippen molar-refractivity contribution in [3.63, 3.8) is 0 Å². The fourth-order valence-corrected chi connectivity index (χ4v) is 5.72. The number of nitrogens with zero attached hydrogens (tertiary/aromatic N) is 1. The lowest BCUT2D eigenvalue weighted by Crippen LogP contribution is -2.35. The lowest BCUT2D eigenvalue weighted by molar-refractivity contribution is -0.131. The highest BCUT2D eigenvalue weighted by molar-refractivity contribution is 7.91. The van der Waals surface area contributed by atoms with Crippen LogP contribution in [0.4, 0.5) is 10.1 Å². The predicted molar refractivity (Wildman–Crippen MR) is 135 cm³/mol. The second kappa shape index (κ2) is 11.2. The summed E-state index contributed by atoms with van der Waals surface area (Å²) in [5, 5.41) is 2.73. The van der Waals surface area contributed by atoms with Crippen molar-refractivity contribution in [2.45, 2.75) is 36.5 Å². The summed E-state index contributed by atoms with van der Waals surface area (Å²) in [4.78, 5) is 27.7. The average Bonchev–Trinajstić information content (AvgIpc) is 2.96. The van der Waals surface area contributed by atoms with Crippen molar-refractivity contribution in [1.82, 2.24) is 5.32 Å². The Balaban J connectivity index is 1.76. The summed E-state index contributed by atoms with van der Waals surface area (Å²) in [5.41, 5.74) is 0.819. The molecule has 1 aliphatic heterocycles. The molecule has 0 saturated heterocycles. The van der Waals surface area contributed by atoms with E-state index in [1.165, 1.54) is 59.5 Å². The minimum atomic E-state index is -4.08. The zero-order valence-corrected chi connectivity index (χ0v) is 21.3. The van der Waals surface area contributed by atoms with Gasteiger partial charge in [-0.25, -0.2) is 12.8 Å². The summed E-state index contributed by atoms with van der Waals surface area (Å²) in [6, 6.07) is 15.7. The molecule has 3 aromatic carbocycles. The van der Waals surface area contributed by atoms with Crippen molar-refractivity contribution >= 4 is 27.3 Å². The van der Waals surface area contributed by atoms with E-state index in [2.05, 4.69) is 5.32 Å². The predicted octanol–water partition coefficient (Wildman–Crippen LogP) is 3.95. The van der Waals surface area contributed by atoms with E-state index in [4.69, 9.17) is 9.47 Å². The minimum Gasteiger partial charge on any atom is -0.351 e. The molecule has 4 rings (SSSR count). The summed E-state index contributed by atoms with van der Waals surface area (Å²) in [6.07, 6.45) is -0.633. The smallest absolute Gasteiger partial charge is 0.259 e. The number of sulfone groups is 1. The Bertz CT molecular complexity index is 1400. The monoisotopic (exact) mass is 526 g/mol. The first-order valence-corrected chi connectivity index (χ1v) is 13.3. The largest absolute Gasteiger partial charge is 0.351 e. The van der Waals surface area contributed by atoms with Crippen molar-refractivity contribution in [2.75, 3.05) is 24.7 Å². The summed E-state index contributed by atoms with van der Waals surface area (Å²) in [7, 11) is -4.08. The van der Waals surface area contributed by atoms with Crippen molar-refractivity contribution in [3.05, 3.63) is 89.2 Å². The molecular weight excluding hydrogens is 499 g/mol. The number of fused-ring (bicyclic) bond motifs is 2. The standard InChI is InChI=1S/C27H27FN2O6S/c1-3-35-25(36-4-2)16-29-26(31)19-11-14-24-22(15-19)30(17-18-9-12-20(28)13-10-18)27(32)21-7-5-6-8-23(21)37(24,33)34/h5-15,25H,3-4,16-17H2,1-2H3,(H,29,31). The molecule has 0 spiro atoms. The first-order chi connectivity index (χ1) is 17.8. The molecule has 0 fully saturated rings. The van der Waals surface area contributed by atoms with Crippen LogP contribution in [0, 0.1) is 5.82 Å². The van der Waals surface area contributed by atoms with Gasteiger partial charge in [-0.1, -0.05) is 24.3 Å². The quantitative estimate of drug-likeness (QED) is 0.424. The van der Waals surface area contributed by atoms with Gasteiger partial charge in [-0.05, 0) is 61.9 Å². The Labute approximate surface area is 214 Å². The van der Waals surface area contributed by atoms with E-state index in [0.29, 0.717) is 18.8 Å². The topological polar surface area (TPSA) is 102 Å². The van der Waals surface area contributed by atoms with Crippen LogP contribution < -0.4 is 10.2 Å². The minimum absolute atomic E-state index is 0.0167. The third-order valence-electron chi connectivity index (χ3n) is 5.84.